The van der Waals surface area contributed by atoms with E-state index in [0.29, 0.717) is 0 Å². The lowest BCUT2D eigenvalue weighted by atomic mass is 10.2. The van der Waals surface area contributed by atoms with Crippen molar-refractivity contribution < 1.29 is 25.2 Å². The molecule has 7 heteroatoms. The quantitative estimate of drug-likeness (QED) is 0.326. The summed E-state index contributed by atoms with van der Waals surface area (Å²) in [7, 11) is 0. The van der Waals surface area contributed by atoms with Crippen molar-refractivity contribution in [1.29, 1.82) is 0 Å². The van der Waals surface area contributed by atoms with E-state index in [4.69, 9.17) is 5.26 Å². The average molecular weight is 200 g/mol. The van der Waals surface area contributed by atoms with Crippen molar-refractivity contribution in [3.63, 3.8) is 0 Å². The smallest absolute Gasteiger partial charge is 0.269 e. The zero-order chi connectivity index (χ0) is 10.6. The molecule has 0 spiro atoms. The molecule has 1 aromatic carbocycles. The maximum atomic E-state index is 10.9. The lowest BCUT2D eigenvalue weighted by Gasteiger charge is -2.18. The molecular formula is C7H6NO6-. The number of hydrogen-bond acceptors (Lipinski definition) is 6. The van der Waals surface area contributed by atoms with Gasteiger partial charge < -0.3 is 5.11 Å². The van der Waals surface area contributed by atoms with Gasteiger partial charge in [0.2, 0.25) is 0 Å². The Morgan fingerprint density at radius 1 is 1.36 bits per heavy atom. The van der Waals surface area contributed by atoms with E-state index in [1.165, 1.54) is 12.1 Å². The van der Waals surface area contributed by atoms with Crippen LogP contribution in [0.4, 0.5) is 5.69 Å². The molecule has 76 valence electrons. The number of rotatable bonds is 4. The van der Waals surface area contributed by atoms with E-state index in [1.807, 2.05) is 0 Å². The van der Waals surface area contributed by atoms with Crippen molar-refractivity contribution in [2.75, 3.05) is 0 Å². The fourth-order valence-electron chi connectivity index (χ4n) is 0.848. The van der Waals surface area contributed by atoms with Gasteiger partial charge in [0.1, 0.15) is 0 Å². The summed E-state index contributed by atoms with van der Waals surface area (Å²) >= 11 is 0. The minimum Gasteiger partial charge on any atom is -0.825 e. The SMILES string of the molecule is O=[N+]([O-])c1ccc(C([O-])OOO)cc1. The van der Waals surface area contributed by atoms with Crippen LogP contribution in [0.25, 0.3) is 0 Å². The normalized spacial score (nSPS) is 12.4. The zero-order valence-corrected chi connectivity index (χ0v) is 6.82. The molecule has 0 heterocycles. The summed E-state index contributed by atoms with van der Waals surface area (Å²) in [6.07, 6.45) is -1.74. The lowest BCUT2D eigenvalue weighted by Crippen LogP contribution is -2.18. The molecule has 0 aromatic heterocycles. The summed E-state index contributed by atoms with van der Waals surface area (Å²) in [4.78, 5) is 13.5. The Bertz CT molecular complexity index is 310. The molecule has 0 aliphatic rings. The van der Waals surface area contributed by atoms with Crippen LogP contribution in [0.15, 0.2) is 24.3 Å². The van der Waals surface area contributed by atoms with Crippen LogP contribution in [0.3, 0.4) is 0 Å². The van der Waals surface area contributed by atoms with Gasteiger partial charge in [-0.05, 0) is 5.56 Å². The van der Waals surface area contributed by atoms with Crippen molar-refractivity contribution >= 4 is 5.69 Å². The summed E-state index contributed by atoms with van der Waals surface area (Å²) in [5.41, 5.74) is -0.0180. The van der Waals surface area contributed by atoms with Crippen molar-refractivity contribution in [3.8, 4) is 0 Å². The first-order chi connectivity index (χ1) is 6.65. The second-order valence-electron chi connectivity index (χ2n) is 2.35. The molecule has 0 fully saturated rings. The van der Waals surface area contributed by atoms with E-state index in [1.54, 1.807) is 0 Å². The summed E-state index contributed by atoms with van der Waals surface area (Å²) < 4.78 is 0. The molecule has 14 heavy (non-hydrogen) atoms. The van der Waals surface area contributed by atoms with Gasteiger partial charge in [0.15, 0.2) is 0 Å². The highest BCUT2D eigenvalue weighted by Gasteiger charge is 2.05. The number of non-ortho nitro benzene ring substituents is 1. The molecule has 0 aliphatic carbocycles. The van der Waals surface area contributed by atoms with Crippen molar-refractivity contribution in [3.05, 3.63) is 39.9 Å². The van der Waals surface area contributed by atoms with Crippen LogP contribution in [0.5, 0.6) is 0 Å². The van der Waals surface area contributed by atoms with E-state index in [0.717, 1.165) is 12.1 Å². The molecule has 1 atom stereocenters. The summed E-state index contributed by atoms with van der Waals surface area (Å²) in [6, 6.07) is 4.74. The van der Waals surface area contributed by atoms with Gasteiger partial charge in [-0.25, -0.2) is 10.1 Å². The zero-order valence-electron chi connectivity index (χ0n) is 6.82. The highest BCUT2D eigenvalue weighted by molar-refractivity contribution is 5.33. The van der Waals surface area contributed by atoms with Gasteiger partial charge in [0.25, 0.3) is 5.69 Å². The predicted molar refractivity (Wildman–Crippen MR) is 40.6 cm³/mol. The Morgan fingerprint density at radius 3 is 2.36 bits per heavy atom. The second kappa shape index (κ2) is 4.63. The van der Waals surface area contributed by atoms with Gasteiger partial charge in [-0.2, -0.15) is 0 Å². The number of nitrogens with zero attached hydrogens (tertiary/aromatic N) is 1. The molecule has 1 unspecified atom stereocenters. The summed E-state index contributed by atoms with van der Waals surface area (Å²) in [5.74, 6) is 0. The Kier molecular flexibility index (Phi) is 3.48. The van der Waals surface area contributed by atoms with E-state index in [2.05, 4.69) is 9.93 Å². The molecule has 0 saturated heterocycles. The molecule has 0 saturated carbocycles. The number of nitro benzene ring substituents is 1. The maximum absolute atomic E-state index is 10.9. The Balaban J connectivity index is 2.77. The summed E-state index contributed by atoms with van der Waals surface area (Å²) in [5, 5.41) is 32.2. The van der Waals surface area contributed by atoms with E-state index >= 15 is 0 Å². The van der Waals surface area contributed by atoms with Gasteiger partial charge in [-0.3, -0.25) is 10.1 Å². The lowest BCUT2D eigenvalue weighted by molar-refractivity contribution is -0.628. The highest BCUT2D eigenvalue weighted by atomic mass is 17.5. The van der Waals surface area contributed by atoms with Crippen LogP contribution in [-0.4, -0.2) is 10.2 Å². The van der Waals surface area contributed by atoms with E-state index in [9.17, 15) is 15.2 Å². The Morgan fingerprint density at radius 2 is 1.93 bits per heavy atom. The van der Waals surface area contributed by atoms with Crippen LogP contribution >= 0.6 is 0 Å². The molecule has 0 bridgehead atoms. The molecule has 0 aliphatic heterocycles. The van der Waals surface area contributed by atoms with Gasteiger partial charge in [-0.1, -0.05) is 17.2 Å². The van der Waals surface area contributed by atoms with Crippen molar-refractivity contribution in [2.45, 2.75) is 6.29 Å². The highest BCUT2D eigenvalue weighted by Crippen LogP contribution is 2.16. The third-order valence-electron chi connectivity index (χ3n) is 1.51. The minimum absolute atomic E-state index is 0.115. The second-order valence-corrected chi connectivity index (χ2v) is 2.35. The van der Waals surface area contributed by atoms with E-state index in [-0.39, 0.29) is 11.3 Å². The van der Waals surface area contributed by atoms with Gasteiger partial charge in [-0.15, -0.1) is 0 Å². The Labute approximate surface area is 78.1 Å². The first kappa shape index (κ1) is 10.5. The molecule has 0 radical (unpaired) electrons. The molecule has 7 nitrogen and oxygen atoms in total. The maximum Gasteiger partial charge on any atom is 0.269 e. The number of nitro groups is 1. The van der Waals surface area contributed by atoms with E-state index < -0.39 is 11.2 Å². The molecule has 1 N–H and O–H groups in total. The molecular weight excluding hydrogens is 194 g/mol. The van der Waals surface area contributed by atoms with Crippen LogP contribution in [0.1, 0.15) is 11.9 Å². The fourth-order valence-corrected chi connectivity index (χ4v) is 0.848. The number of benzene rings is 1. The summed E-state index contributed by atoms with van der Waals surface area (Å²) in [6.45, 7) is 0. The van der Waals surface area contributed by atoms with Crippen LogP contribution < -0.4 is 5.11 Å². The molecule has 1 rings (SSSR count). The van der Waals surface area contributed by atoms with Crippen LogP contribution in [-0.2, 0) is 9.93 Å². The predicted octanol–water partition coefficient (Wildman–Crippen LogP) is 0.375. The average Bonchev–Trinajstić information content (AvgIpc) is 2.18. The third kappa shape index (κ3) is 2.47. The standard InChI is InChI=1S/C7H6NO6/c9-7(13-14-12)5-1-3-6(4-2-5)8(10)11/h1-4,7,12H/q-1. The van der Waals surface area contributed by atoms with Crippen LogP contribution in [0, 0.1) is 10.1 Å². The monoisotopic (exact) mass is 200 g/mol. The van der Waals surface area contributed by atoms with Gasteiger partial charge >= 0.3 is 0 Å². The topological polar surface area (TPSA) is 105 Å². The van der Waals surface area contributed by atoms with Crippen LogP contribution in [0.2, 0.25) is 0 Å². The Hall–Kier alpha value is -1.54. The largest absolute Gasteiger partial charge is 0.825 e. The molecule has 0 amide bonds. The minimum atomic E-state index is -1.74. The first-order valence-electron chi connectivity index (χ1n) is 3.52. The van der Waals surface area contributed by atoms with Crippen molar-refractivity contribution in [1.82, 2.24) is 0 Å². The molecule has 1 aromatic rings. The first-order valence-corrected chi connectivity index (χ1v) is 3.52. The third-order valence-corrected chi connectivity index (χ3v) is 1.51. The van der Waals surface area contributed by atoms with Gasteiger partial charge in [0, 0.05) is 18.4 Å². The number of hydrogen-bond donors (Lipinski definition) is 1. The van der Waals surface area contributed by atoms with Gasteiger partial charge in [0.05, 0.1) is 4.92 Å². The van der Waals surface area contributed by atoms with Crippen molar-refractivity contribution in [2.24, 2.45) is 0 Å². The fraction of sp³-hybridized carbons (Fsp3) is 0.143.